The monoisotopic (exact) mass is 406 g/mol. The van der Waals surface area contributed by atoms with E-state index >= 15 is 0 Å². The Labute approximate surface area is 171 Å². The molecular formula is C21H20N5O2S+. The van der Waals surface area contributed by atoms with Crippen molar-refractivity contribution in [2.45, 2.75) is 5.03 Å². The highest BCUT2D eigenvalue weighted by atomic mass is 32.2. The van der Waals surface area contributed by atoms with E-state index in [0.717, 1.165) is 35.4 Å². The maximum atomic E-state index is 12.7. The number of rotatable bonds is 4. The lowest BCUT2D eigenvalue weighted by molar-refractivity contribution is -0.364. The van der Waals surface area contributed by atoms with Crippen LogP contribution in [0.5, 0.6) is 0 Å². The number of nitrogens with one attached hydrogen (secondary N) is 1. The number of nitrogens with zero attached hydrogens (tertiary/aromatic N) is 4. The molecule has 0 radical (unpaired) electrons. The molecule has 1 aliphatic rings. The van der Waals surface area contributed by atoms with Crippen LogP contribution in [0.4, 0.5) is 5.82 Å². The Balaban J connectivity index is 1.25. The Morgan fingerprint density at radius 1 is 1.07 bits per heavy atom. The summed E-state index contributed by atoms with van der Waals surface area (Å²) in [5, 5.41) is 1.67. The molecule has 4 aromatic rings. The van der Waals surface area contributed by atoms with Crippen LogP contribution < -0.4 is 9.88 Å². The molecule has 8 heteroatoms. The van der Waals surface area contributed by atoms with Gasteiger partial charge in [-0.05, 0) is 18.2 Å². The number of amides is 1. The molecule has 1 fully saturated rings. The summed E-state index contributed by atoms with van der Waals surface area (Å²) in [6, 6.07) is 13.8. The smallest absolute Gasteiger partial charge is 0.274 e. The van der Waals surface area contributed by atoms with E-state index < -0.39 is 0 Å². The van der Waals surface area contributed by atoms with Crippen molar-refractivity contribution < 1.29 is 14.2 Å². The molecule has 5 rings (SSSR count). The number of piperazine rings is 1. The van der Waals surface area contributed by atoms with E-state index in [9.17, 15) is 4.79 Å². The molecule has 0 atom stereocenters. The number of fused-ring (bicyclic) bond motifs is 3. The quantitative estimate of drug-likeness (QED) is 0.383. The first-order valence-corrected chi connectivity index (χ1v) is 10.5. The molecule has 29 heavy (non-hydrogen) atoms. The molecule has 0 bridgehead atoms. The number of hydrogen-bond donors (Lipinski definition) is 0. The summed E-state index contributed by atoms with van der Waals surface area (Å²) in [4.78, 5) is 28.9. The van der Waals surface area contributed by atoms with Gasteiger partial charge in [-0.1, -0.05) is 30.0 Å². The molecule has 146 valence electrons. The lowest BCUT2D eigenvalue weighted by Gasteiger charge is -2.30. The van der Waals surface area contributed by atoms with Crippen molar-refractivity contribution in [3.05, 3.63) is 55.0 Å². The van der Waals surface area contributed by atoms with Gasteiger partial charge in [0, 0.05) is 11.5 Å². The van der Waals surface area contributed by atoms with Gasteiger partial charge in [-0.15, -0.1) is 0 Å². The normalized spacial score (nSPS) is 14.6. The number of benzene rings is 1. The van der Waals surface area contributed by atoms with Gasteiger partial charge in [0.2, 0.25) is 5.91 Å². The zero-order valence-corrected chi connectivity index (χ0v) is 16.6. The summed E-state index contributed by atoms with van der Waals surface area (Å²) >= 11 is 1.41. The van der Waals surface area contributed by atoms with Crippen LogP contribution in [0.25, 0.3) is 22.1 Å². The number of carbonyl (C=O) groups is 1. The van der Waals surface area contributed by atoms with Crippen LogP contribution in [-0.4, -0.2) is 52.7 Å². The SMILES string of the molecule is O=C(CSc1ncnc2c1oc1ccccc12)N1CCN(c2cccc[nH+]2)CC1. The van der Waals surface area contributed by atoms with Crippen molar-refractivity contribution in [2.24, 2.45) is 0 Å². The van der Waals surface area contributed by atoms with E-state index in [2.05, 4.69) is 25.9 Å². The zero-order chi connectivity index (χ0) is 19.6. The predicted octanol–water partition coefficient (Wildman–Crippen LogP) is 2.63. The van der Waals surface area contributed by atoms with E-state index in [-0.39, 0.29) is 5.91 Å². The molecule has 1 amide bonds. The van der Waals surface area contributed by atoms with Crippen molar-refractivity contribution in [2.75, 3.05) is 36.8 Å². The number of para-hydroxylation sites is 1. The predicted molar refractivity (Wildman–Crippen MR) is 112 cm³/mol. The van der Waals surface area contributed by atoms with Crippen molar-refractivity contribution in [1.29, 1.82) is 0 Å². The Bertz CT molecular complexity index is 1160. The zero-order valence-electron chi connectivity index (χ0n) is 15.7. The molecule has 0 unspecified atom stereocenters. The highest BCUT2D eigenvalue weighted by molar-refractivity contribution is 8.00. The third-order valence-corrected chi connectivity index (χ3v) is 6.08. The molecule has 0 aliphatic carbocycles. The first-order chi connectivity index (χ1) is 14.3. The molecule has 4 heterocycles. The van der Waals surface area contributed by atoms with Crippen molar-refractivity contribution in [3.63, 3.8) is 0 Å². The number of thioether (sulfide) groups is 1. The lowest BCUT2D eigenvalue weighted by atomic mass is 10.2. The maximum Gasteiger partial charge on any atom is 0.274 e. The topological polar surface area (TPSA) is 76.6 Å². The first kappa shape index (κ1) is 17.9. The summed E-state index contributed by atoms with van der Waals surface area (Å²) in [6.07, 6.45) is 3.45. The molecule has 7 nitrogen and oxygen atoms in total. The average molecular weight is 406 g/mol. The average Bonchev–Trinajstić information content (AvgIpc) is 3.17. The Morgan fingerprint density at radius 2 is 1.90 bits per heavy atom. The van der Waals surface area contributed by atoms with Crippen molar-refractivity contribution in [3.8, 4) is 0 Å². The van der Waals surface area contributed by atoms with Crippen LogP contribution in [0.3, 0.4) is 0 Å². The minimum Gasteiger partial charge on any atom is -0.451 e. The molecule has 3 aromatic heterocycles. The van der Waals surface area contributed by atoms with Gasteiger partial charge in [0.15, 0.2) is 5.58 Å². The van der Waals surface area contributed by atoms with Gasteiger partial charge in [-0.25, -0.2) is 15.0 Å². The van der Waals surface area contributed by atoms with Crippen LogP contribution in [0.2, 0.25) is 0 Å². The number of pyridine rings is 1. The van der Waals surface area contributed by atoms with Gasteiger partial charge < -0.3 is 9.32 Å². The Hall–Kier alpha value is -3.13. The van der Waals surface area contributed by atoms with Crippen LogP contribution in [0, 0.1) is 0 Å². The van der Waals surface area contributed by atoms with Gasteiger partial charge in [-0.2, -0.15) is 0 Å². The van der Waals surface area contributed by atoms with Crippen LogP contribution in [0.15, 0.2) is 64.4 Å². The minimum absolute atomic E-state index is 0.120. The minimum atomic E-state index is 0.120. The standard InChI is InChI=1S/C21H19N5O2S/c27-18(26-11-9-25(10-12-26)17-7-3-4-8-22-17)13-29-21-20-19(23-14-24-21)15-5-1-2-6-16(15)28-20/h1-8,14H,9-13H2/p+1. The highest BCUT2D eigenvalue weighted by Gasteiger charge is 2.26. The molecule has 1 aromatic carbocycles. The van der Waals surface area contributed by atoms with Gasteiger partial charge in [0.05, 0.1) is 25.0 Å². The summed E-state index contributed by atoms with van der Waals surface area (Å²) < 4.78 is 5.94. The van der Waals surface area contributed by atoms with E-state index in [1.165, 1.54) is 18.1 Å². The van der Waals surface area contributed by atoms with E-state index in [4.69, 9.17) is 4.42 Å². The second-order valence-electron chi connectivity index (χ2n) is 6.86. The number of hydrogen-bond acceptors (Lipinski definition) is 6. The fraction of sp³-hybridized carbons (Fsp3) is 0.238. The molecular weight excluding hydrogens is 386 g/mol. The Kier molecular flexibility index (Phi) is 4.77. The first-order valence-electron chi connectivity index (χ1n) is 9.54. The van der Waals surface area contributed by atoms with Gasteiger partial charge >= 0.3 is 0 Å². The van der Waals surface area contributed by atoms with E-state index in [1.54, 1.807) is 0 Å². The van der Waals surface area contributed by atoms with Crippen LogP contribution >= 0.6 is 11.8 Å². The number of furan rings is 1. The third kappa shape index (κ3) is 3.51. The van der Waals surface area contributed by atoms with E-state index in [1.807, 2.05) is 47.5 Å². The Morgan fingerprint density at radius 3 is 2.72 bits per heavy atom. The summed E-state index contributed by atoms with van der Waals surface area (Å²) in [5.74, 6) is 1.54. The molecule has 1 saturated heterocycles. The number of aromatic amines is 1. The summed E-state index contributed by atoms with van der Waals surface area (Å²) in [6.45, 7) is 3.06. The van der Waals surface area contributed by atoms with Crippen molar-refractivity contribution >= 4 is 45.6 Å². The molecule has 0 spiro atoms. The maximum absolute atomic E-state index is 12.7. The number of carbonyl (C=O) groups excluding carboxylic acids is 1. The number of anilines is 1. The fourth-order valence-corrected chi connectivity index (χ4v) is 4.44. The van der Waals surface area contributed by atoms with Gasteiger partial charge in [0.1, 0.15) is 35.5 Å². The molecule has 1 aliphatic heterocycles. The van der Waals surface area contributed by atoms with Crippen LogP contribution in [-0.2, 0) is 4.79 Å². The lowest BCUT2D eigenvalue weighted by Crippen LogP contribution is -2.50. The van der Waals surface area contributed by atoms with Gasteiger partial charge in [0.25, 0.3) is 5.82 Å². The second kappa shape index (κ2) is 7.71. The third-order valence-electron chi connectivity index (χ3n) is 5.12. The van der Waals surface area contributed by atoms with Crippen molar-refractivity contribution in [1.82, 2.24) is 14.9 Å². The van der Waals surface area contributed by atoms with Gasteiger partial charge in [-0.3, -0.25) is 9.69 Å². The number of aromatic nitrogens is 3. The second-order valence-corrected chi connectivity index (χ2v) is 7.82. The molecule has 0 saturated carbocycles. The summed E-state index contributed by atoms with van der Waals surface area (Å²) in [5.41, 5.74) is 2.22. The highest BCUT2D eigenvalue weighted by Crippen LogP contribution is 2.32. The number of H-pyrrole nitrogens is 1. The largest absolute Gasteiger partial charge is 0.451 e. The van der Waals surface area contributed by atoms with E-state index in [0.29, 0.717) is 29.5 Å². The van der Waals surface area contributed by atoms with Crippen LogP contribution in [0.1, 0.15) is 0 Å². The summed E-state index contributed by atoms with van der Waals surface area (Å²) in [7, 11) is 0. The molecule has 1 N–H and O–H groups in total. The fourth-order valence-electron chi connectivity index (χ4n) is 3.60.